The summed E-state index contributed by atoms with van der Waals surface area (Å²) in [6.07, 6.45) is 1.98. The van der Waals surface area contributed by atoms with Crippen LogP contribution in [0.3, 0.4) is 0 Å². The molecule has 1 aromatic rings. The molecule has 1 rings (SSSR count). The second kappa shape index (κ2) is 3.74. The Morgan fingerprint density at radius 1 is 1.46 bits per heavy atom. The van der Waals surface area contributed by atoms with E-state index in [1.165, 1.54) is 5.69 Å². The zero-order chi connectivity index (χ0) is 10.1. The van der Waals surface area contributed by atoms with E-state index in [1.54, 1.807) is 11.8 Å². The maximum Gasteiger partial charge on any atom is 0.167 e. The lowest BCUT2D eigenvalue weighted by atomic mass is 9.93. The van der Waals surface area contributed by atoms with E-state index in [-0.39, 0.29) is 5.41 Å². The quantitative estimate of drug-likeness (QED) is 0.680. The molecule has 13 heavy (non-hydrogen) atoms. The first-order valence-corrected chi connectivity index (χ1v) is 5.60. The summed E-state index contributed by atoms with van der Waals surface area (Å²) in [5, 5.41) is 1.12. The van der Waals surface area contributed by atoms with E-state index in [0.717, 1.165) is 10.9 Å². The molecular formula is C10H18N2S. The van der Waals surface area contributed by atoms with Gasteiger partial charge in [0.2, 0.25) is 0 Å². The van der Waals surface area contributed by atoms with Crippen LogP contribution in [0.4, 0.5) is 0 Å². The van der Waals surface area contributed by atoms with Gasteiger partial charge in [0.15, 0.2) is 5.16 Å². The first-order valence-electron chi connectivity index (χ1n) is 4.61. The van der Waals surface area contributed by atoms with E-state index < -0.39 is 0 Å². The van der Waals surface area contributed by atoms with E-state index in [9.17, 15) is 0 Å². The lowest BCUT2D eigenvalue weighted by molar-refractivity contribution is 0.531. The van der Waals surface area contributed by atoms with Gasteiger partial charge in [0, 0.05) is 24.4 Å². The van der Waals surface area contributed by atoms with Crippen molar-refractivity contribution in [1.82, 2.24) is 9.55 Å². The van der Waals surface area contributed by atoms with Crippen molar-refractivity contribution in [3.05, 3.63) is 11.9 Å². The summed E-state index contributed by atoms with van der Waals surface area (Å²) < 4.78 is 2.19. The van der Waals surface area contributed by atoms with Crippen LogP contribution in [0, 0.1) is 0 Å². The molecule has 0 aromatic carbocycles. The Morgan fingerprint density at radius 3 is 2.46 bits per heavy atom. The molecule has 0 N–H and O–H groups in total. The smallest absolute Gasteiger partial charge is 0.167 e. The Morgan fingerprint density at radius 2 is 2.08 bits per heavy atom. The van der Waals surface area contributed by atoms with Gasteiger partial charge in [-0.2, -0.15) is 0 Å². The maximum absolute atomic E-state index is 4.40. The number of hydrogen-bond donors (Lipinski definition) is 0. The van der Waals surface area contributed by atoms with Crippen LogP contribution in [0.5, 0.6) is 0 Å². The number of nitrogens with zero attached hydrogens (tertiary/aromatic N) is 2. The highest BCUT2D eigenvalue weighted by atomic mass is 32.2. The molecule has 0 saturated carbocycles. The van der Waals surface area contributed by atoms with Crippen LogP contribution in [-0.4, -0.2) is 15.3 Å². The molecule has 0 spiro atoms. The van der Waals surface area contributed by atoms with Crippen LogP contribution in [0.2, 0.25) is 0 Å². The van der Waals surface area contributed by atoms with Crippen molar-refractivity contribution in [3.63, 3.8) is 0 Å². The molecule has 3 heteroatoms. The number of aromatic nitrogens is 2. The van der Waals surface area contributed by atoms with Crippen LogP contribution in [-0.2, 0) is 12.5 Å². The van der Waals surface area contributed by atoms with E-state index in [2.05, 4.69) is 44.3 Å². The van der Waals surface area contributed by atoms with Crippen molar-refractivity contribution >= 4 is 11.8 Å². The second-order valence-corrected chi connectivity index (χ2v) is 5.40. The van der Waals surface area contributed by atoms with Gasteiger partial charge in [-0.05, 0) is 5.75 Å². The van der Waals surface area contributed by atoms with Crippen molar-refractivity contribution < 1.29 is 0 Å². The monoisotopic (exact) mass is 198 g/mol. The first kappa shape index (κ1) is 10.6. The van der Waals surface area contributed by atoms with Crippen LogP contribution in [0.25, 0.3) is 0 Å². The number of thioether (sulfide) groups is 1. The predicted octanol–water partition coefficient (Wildman–Crippen LogP) is 2.83. The largest absolute Gasteiger partial charge is 0.326 e. The van der Waals surface area contributed by atoms with Gasteiger partial charge < -0.3 is 4.57 Å². The summed E-state index contributed by atoms with van der Waals surface area (Å²) >= 11 is 1.79. The summed E-state index contributed by atoms with van der Waals surface area (Å²) in [4.78, 5) is 4.40. The predicted molar refractivity (Wildman–Crippen MR) is 58.3 cm³/mol. The fraction of sp³-hybridized carbons (Fsp3) is 0.700. The molecule has 2 nitrogen and oxygen atoms in total. The van der Waals surface area contributed by atoms with Crippen molar-refractivity contribution in [2.24, 2.45) is 7.05 Å². The van der Waals surface area contributed by atoms with Crippen LogP contribution in [0.15, 0.2) is 11.4 Å². The third-order valence-corrected chi connectivity index (χ3v) is 2.91. The average molecular weight is 198 g/mol. The lowest BCUT2D eigenvalue weighted by Crippen LogP contribution is -2.15. The van der Waals surface area contributed by atoms with Gasteiger partial charge in [0.1, 0.15) is 0 Å². The third-order valence-electron chi connectivity index (χ3n) is 1.99. The lowest BCUT2D eigenvalue weighted by Gasteiger charge is -2.19. The van der Waals surface area contributed by atoms with Gasteiger partial charge in [-0.3, -0.25) is 0 Å². The van der Waals surface area contributed by atoms with Crippen molar-refractivity contribution in [2.75, 3.05) is 5.75 Å². The molecule has 0 bridgehead atoms. The normalized spacial score (nSPS) is 12.1. The minimum Gasteiger partial charge on any atom is -0.326 e. The van der Waals surface area contributed by atoms with Crippen molar-refractivity contribution in [3.8, 4) is 0 Å². The van der Waals surface area contributed by atoms with Gasteiger partial charge in [-0.15, -0.1) is 0 Å². The highest BCUT2D eigenvalue weighted by molar-refractivity contribution is 7.99. The molecule has 0 aliphatic rings. The molecule has 0 fully saturated rings. The Hall–Kier alpha value is -0.440. The van der Waals surface area contributed by atoms with E-state index >= 15 is 0 Å². The molecule has 0 aliphatic carbocycles. The van der Waals surface area contributed by atoms with E-state index in [1.807, 2.05) is 6.20 Å². The van der Waals surface area contributed by atoms with Gasteiger partial charge in [0.25, 0.3) is 0 Å². The third kappa shape index (κ3) is 2.27. The maximum atomic E-state index is 4.40. The molecule has 0 atom stereocenters. The fourth-order valence-corrected chi connectivity index (χ4v) is 2.03. The molecular weight excluding hydrogens is 180 g/mol. The van der Waals surface area contributed by atoms with Crippen molar-refractivity contribution in [1.29, 1.82) is 0 Å². The van der Waals surface area contributed by atoms with Crippen molar-refractivity contribution in [2.45, 2.75) is 38.3 Å². The highest BCUT2D eigenvalue weighted by Gasteiger charge is 2.19. The van der Waals surface area contributed by atoms with Gasteiger partial charge >= 0.3 is 0 Å². The molecule has 0 unspecified atom stereocenters. The standard InChI is InChI=1S/C10H18N2S/c1-6-13-9-11-7-8(12(9)5)10(2,3)4/h7H,6H2,1-5H3. The second-order valence-electron chi connectivity index (χ2n) is 4.17. The molecule has 74 valence electrons. The molecule has 0 radical (unpaired) electrons. The molecule has 1 heterocycles. The van der Waals surface area contributed by atoms with Gasteiger partial charge in [0.05, 0.1) is 0 Å². The van der Waals surface area contributed by atoms with Gasteiger partial charge in [-0.25, -0.2) is 4.98 Å². The Labute approximate surface area is 84.7 Å². The van der Waals surface area contributed by atoms with Crippen LogP contribution >= 0.6 is 11.8 Å². The average Bonchev–Trinajstić information content (AvgIpc) is 2.32. The van der Waals surface area contributed by atoms with E-state index in [0.29, 0.717) is 0 Å². The fourth-order valence-electron chi connectivity index (χ4n) is 1.35. The number of imidazole rings is 1. The Kier molecular flexibility index (Phi) is 3.06. The number of hydrogen-bond acceptors (Lipinski definition) is 2. The molecule has 1 aromatic heterocycles. The summed E-state index contributed by atoms with van der Waals surface area (Å²) in [6.45, 7) is 8.79. The summed E-state index contributed by atoms with van der Waals surface area (Å²) in [5.74, 6) is 1.08. The molecule has 0 aliphatic heterocycles. The molecule has 0 saturated heterocycles. The van der Waals surface area contributed by atoms with Crippen LogP contribution in [0.1, 0.15) is 33.4 Å². The van der Waals surface area contributed by atoms with Crippen LogP contribution < -0.4 is 0 Å². The summed E-state index contributed by atoms with van der Waals surface area (Å²) in [5.41, 5.74) is 1.48. The first-order chi connectivity index (χ1) is 5.96. The SMILES string of the molecule is CCSc1ncc(C(C)(C)C)n1C. The highest BCUT2D eigenvalue weighted by Crippen LogP contribution is 2.25. The van der Waals surface area contributed by atoms with Gasteiger partial charge in [-0.1, -0.05) is 39.5 Å². The summed E-state index contributed by atoms with van der Waals surface area (Å²) in [6, 6.07) is 0. The zero-order valence-electron chi connectivity index (χ0n) is 9.09. The zero-order valence-corrected chi connectivity index (χ0v) is 9.90. The minimum atomic E-state index is 0.189. The number of rotatable bonds is 2. The topological polar surface area (TPSA) is 17.8 Å². The molecule has 0 amide bonds. The minimum absolute atomic E-state index is 0.189. The van der Waals surface area contributed by atoms with E-state index in [4.69, 9.17) is 0 Å². The Bertz CT molecular complexity index is 284. The summed E-state index contributed by atoms with van der Waals surface area (Å²) in [7, 11) is 2.09. The Balaban J connectivity index is 2.99.